The summed E-state index contributed by atoms with van der Waals surface area (Å²) in [4.78, 5) is 16.5. The van der Waals surface area contributed by atoms with E-state index in [1.807, 2.05) is 0 Å². The maximum absolute atomic E-state index is 6.41. The van der Waals surface area contributed by atoms with E-state index < -0.39 is 0 Å². The first-order chi connectivity index (χ1) is 17.2. The zero-order chi connectivity index (χ0) is 25.9. The molecular weight excluding hydrogens is 464 g/mol. The molecule has 0 radical (unpaired) electrons. The van der Waals surface area contributed by atoms with Crippen LogP contribution in [-0.2, 0) is 19.3 Å². The third kappa shape index (κ3) is 3.61. The summed E-state index contributed by atoms with van der Waals surface area (Å²) in [5.41, 5.74) is 20.5. The van der Waals surface area contributed by atoms with Crippen molar-refractivity contribution < 1.29 is 0 Å². The lowest BCUT2D eigenvalue weighted by Gasteiger charge is -2.05. The number of aromatic amines is 3. The summed E-state index contributed by atoms with van der Waals surface area (Å²) in [6.45, 7) is 17.7. The second-order valence-corrected chi connectivity index (χ2v) is 10.6. The fraction of sp³-hybridized carbons (Fsp3) is 0.387. The standard InChI is InChI=1S/C31H37ClN4/c1-9-21-19(7)26-13-24-15(3)17(5)28(33-24)29-18(6)16(4)25(34-29)14-27-20(8)22(10-2)31(36-27)23(11-12-32)30(21)35-26/h13-14,33,35-36H,9-12H2,1-8H3. The van der Waals surface area contributed by atoms with Gasteiger partial charge in [-0.15, -0.1) is 11.6 Å². The number of aryl methyl sites for hydroxylation is 7. The highest BCUT2D eigenvalue weighted by molar-refractivity contribution is 6.18. The Morgan fingerprint density at radius 3 is 1.72 bits per heavy atom. The maximum Gasteiger partial charge on any atom is 0.0907 e. The van der Waals surface area contributed by atoms with Gasteiger partial charge in [-0.05, 0) is 117 Å². The first-order valence-corrected chi connectivity index (χ1v) is 13.6. The van der Waals surface area contributed by atoms with E-state index in [4.69, 9.17) is 16.6 Å². The van der Waals surface area contributed by atoms with Crippen LogP contribution >= 0.6 is 11.6 Å². The number of hydrogen-bond donors (Lipinski definition) is 3. The molecule has 0 aliphatic carbocycles. The van der Waals surface area contributed by atoms with Crippen LogP contribution in [0.3, 0.4) is 0 Å². The summed E-state index contributed by atoms with van der Waals surface area (Å²) in [5, 5.41) is 0. The van der Waals surface area contributed by atoms with Crippen LogP contribution in [0.5, 0.6) is 0 Å². The number of nitrogens with zero attached hydrogens (tertiary/aromatic N) is 1. The normalized spacial score (nSPS) is 12.9. The van der Waals surface area contributed by atoms with Crippen LogP contribution < -0.4 is 0 Å². The maximum atomic E-state index is 6.41. The molecule has 0 saturated carbocycles. The molecule has 4 aromatic heterocycles. The highest BCUT2D eigenvalue weighted by Crippen LogP contribution is 2.36. The summed E-state index contributed by atoms with van der Waals surface area (Å²) in [6.07, 6.45) is 2.71. The molecule has 3 N–H and O–H groups in total. The number of halogens is 1. The van der Waals surface area contributed by atoms with Crippen LogP contribution in [0, 0.1) is 27.7 Å². The molecule has 1 aliphatic rings. The number of aromatic nitrogens is 4. The van der Waals surface area contributed by atoms with Gasteiger partial charge in [0.25, 0.3) is 0 Å². The number of allylic oxidation sites excluding steroid dienone is 2. The highest BCUT2D eigenvalue weighted by atomic mass is 35.5. The molecule has 36 heavy (non-hydrogen) atoms. The Balaban J connectivity index is 2.11. The van der Waals surface area contributed by atoms with E-state index in [2.05, 4.69) is 82.5 Å². The zero-order valence-corrected chi connectivity index (χ0v) is 23.6. The molecule has 8 bridgehead atoms. The number of H-pyrrole nitrogens is 3. The molecule has 0 unspecified atom stereocenters. The molecular formula is C31H37ClN4. The van der Waals surface area contributed by atoms with Crippen LogP contribution in [0.15, 0.2) is 12.1 Å². The number of fused-ring (bicyclic) bond motifs is 9. The van der Waals surface area contributed by atoms with Crippen molar-refractivity contribution in [1.82, 2.24) is 19.9 Å². The summed E-state index contributed by atoms with van der Waals surface area (Å²) in [7, 11) is 0. The zero-order valence-electron chi connectivity index (χ0n) is 22.8. The van der Waals surface area contributed by atoms with E-state index in [0.29, 0.717) is 5.88 Å². The van der Waals surface area contributed by atoms with Gasteiger partial charge in [0.1, 0.15) is 0 Å². The van der Waals surface area contributed by atoms with Crippen LogP contribution in [-0.4, -0.2) is 25.8 Å². The molecule has 0 spiro atoms. The molecule has 5 heteroatoms. The van der Waals surface area contributed by atoms with Gasteiger partial charge in [0.2, 0.25) is 0 Å². The Labute approximate surface area is 218 Å². The van der Waals surface area contributed by atoms with Crippen molar-refractivity contribution in [3.63, 3.8) is 0 Å². The van der Waals surface area contributed by atoms with E-state index >= 15 is 0 Å². The largest absolute Gasteiger partial charge is 0.355 e. The second-order valence-electron chi connectivity index (χ2n) is 10.2. The summed E-state index contributed by atoms with van der Waals surface area (Å²) >= 11 is 6.41. The van der Waals surface area contributed by atoms with Gasteiger partial charge in [0.15, 0.2) is 0 Å². The number of hydrogen-bond acceptors (Lipinski definition) is 1. The highest BCUT2D eigenvalue weighted by Gasteiger charge is 2.20. The van der Waals surface area contributed by atoms with Gasteiger partial charge in [-0.25, -0.2) is 4.98 Å². The Morgan fingerprint density at radius 2 is 1.17 bits per heavy atom. The van der Waals surface area contributed by atoms with Gasteiger partial charge in [0, 0.05) is 39.0 Å². The first kappa shape index (κ1) is 24.7. The third-order valence-electron chi connectivity index (χ3n) is 8.43. The smallest absolute Gasteiger partial charge is 0.0907 e. The lowest BCUT2D eigenvalue weighted by atomic mass is 10.0. The molecule has 0 atom stereocenters. The third-order valence-corrected chi connectivity index (χ3v) is 8.62. The van der Waals surface area contributed by atoms with E-state index in [-0.39, 0.29) is 0 Å². The van der Waals surface area contributed by atoms with Crippen LogP contribution in [0.4, 0.5) is 0 Å². The Bertz CT molecular complexity index is 1670. The number of nitrogens with one attached hydrogen (secondary N) is 3. The fourth-order valence-electron chi connectivity index (χ4n) is 5.88. The summed E-state index contributed by atoms with van der Waals surface area (Å²) in [6, 6.07) is 4.50. The van der Waals surface area contributed by atoms with Gasteiger partial charge >= 0.3 is 0 Å². The van der Waals surface area contributed by atoms with Crippen molar-refractivity contribution in [3.8, 4) is 0 Å². The quantitative estimate of drug-likeness (QED) is 0.241. The first-order valence-electron chi connectivity index (χ1n) is 13.1. The predicted molar refractivity (Wildman–Crippen MR) is 157 cm³/mol. The minimum atomic E-state index is 0.570. The average molecular weight is 501 g/mol. The van der Waals surface area contributed by atoms with E-state index in [1.54, 1.807) is 0 Å². The molecule has 0 amide bonds. The molecule has 4 aromatic rings. The van der Waals surface area contributed by atoms with Crippen LogP contribution in [0.1, 0.15) is 78.0 Å². The monoisotopic (exact) mass is 500 g/mol. The molecule has 5 heterocycles. The fourth-order valence-corrected chi connectivity index (χ4v) is 6.07. The average Bonchev–Trinajstić information content (AvgIpc) is 3.52. The Morgan fingerprint density at radius 1 is 0.639 bits per heavy atom. The minimum Gasteiger partial charge on any atom is -0.355 e. The van der Waals surface area contributed by atoms with Crippen LogP contribution in [0.2, 0.25) is 0 Å². The molecule has 4 nitrogen and oxygen atoms in total. The van der Waals surface area contributed by atoms with Crippen LogP contribution in [0.25, 0.3) is 44.2 Å². The van der Waals surface area contributed by atoms with E-state index in [1.165, 1.54) is 61.1 Å². The van der Waals surface area contributed by atoms with Gasteiger partial charge in [-0.2, -0.15) is 0 Å². The topological polar surface area (TPSA) is 60.3 Å². The lowest BCUT2D eigenvalue weighted by Crippen LogP contribution is -1.94. The minimum absolute atomic E-state index is 0.570. The molecule has 188 valence electrons. The second kappa shape index (κ2) is 9.15. The summed E-state index contributed by atoms with van der Waals surface area (Å²) < 4.78 is 0. The van der Waals surface area contributed by atoms with Crippen molar-refractivity contribution in [3.05, 3.63) is 62.5 Å². The molecule has 1 aliphatic heterocycles. The number of rotatable bonds is 4. The predicted octanol–water partition coefficient (Wildman–Crippen LogP) is 8.62. The lowest BCUT2D eigenvalue weighted by molar-refractivity contribution is 1.10. The van der Waals surface area contributed by atoms with Gasteiger partial charge in [-0.1, -0.05) is 13.8 Å². The number of alkyl halides is 1. The molecule has 5 rings (SSSR count). The van der Waals surface area contributed by atoms with Crippen molar-refractivity contribution in [2.24, 2.45) is 0 Å². The Hall–Kier alpha value is -2.98. The van der Waals surface area contributed by atoms with Crippen molar-refractivity contribution in [1.29, 1.82) is 0 Å². The SMILES string of the molecule is CCc1c(C)c2cc3nc(c4[nH]c(cc5[nH]c(c(CC)c5C)c(CCCl)c1[nH]2)c(C)c4C)C(C)=C3C. The van der Waals surface area contributed by atoms with Crippen molar-refractivity contribution in [2.45, 2.75) is 74.7 Å². The summed E-state index contributed by atoms with van der Waals surface area (Å²) in [5.74, 6) is 0.570. The van der Waals surface area contributed by atoms with E-state index in [0.717, 1.165) is 52.7 Å². The molecule has 0 saturated heterocycles. The van der Waals surface area contributed by atoms with Crippen molar-refractivity contribution >= 4 is 55.8 Å². The molecule has 0 fully saturated rings. The Kier molecular flexibility index (Phi) is 6.28. The van der Waals surface area contributed by atoms with Crippen molar-refractivity contribution in [2.75, 3.05) is 5.88 Å². The van der Waals surface area contributed by atoms with Gasteiger partial charge in [-0.3, -0.25) is 0 Å². The van der Waals surface area contributed by atoms with Gasteiger partial charge < -0.3 is 15.0 Å². The van der Waals surface area contributed by atoms with Gasteiger partial charge in [0.05, 0.1) is 16.9 Å². The van der Waals surface area contributed by atoms with E-state index in [9.17, 15) is 0 Å². The molecule has 0 aromatic carbocycles.